The molecule has 0 aromatic rings. The van der Waals surface area contributed by atoms with Gasteiger partial charge in [-0.25, -0.2) is 4.79 Å². The second-order valence-electron chi connectivity index (χ2n) is 5.83. The molecule has 0 atom stereocenters. The van der Waals surface area contributed by atoms with Crippen molar-refractivity contribution in [2.45, 2.75) is 40.0 Å². The molecule has 0 spiro atoms. The Balaban J connectivity index is 2.08. The van der Waals surface area contributed by atoms with Crippen molar-refractivity contribution < 1.29 is 19.1 Å². The third-order valence-corrected chi connectivity index (χ3v) is 5.26. The minimum absolute atomic E-state index is 0.148. The van der Waals surface area contributed by atoms with Gasteiger partial charge in [-0.15, -0.1) is 0 Å². The first-order chi connectivity index (χ1) is 8.89. The van der Waals surface area contributed by atoms with Crippen LogP contribution in [0.4, 0.5) is 0 Å². The number of carbonyl (C=O) groups excluding carboxylic acids is 2. The molecule has 1 heterocycles. The fourth-order valence-electron chi connectivity index (χ4n) is 1.75. The van der Waals surface area contributed by atoms with E-state index in [4.69, 9.17) is 9.47 Å². The van der Waals surface area contributed by atoms with Gasteiger partial charge < -0.3 is 9.47 Å². The Morgan fingerprint density at radius 1 is 1.00 bits per heavy atom. The third-order valence-electron chi connectivity index (χ3n) is 2.88. The normalized spacial score (nSPS) is 17.0. The predicted octanol–water partition coefficient (Wildman–Crippen LogP) is 1.92. The van der Waals surface area contributed by atoms with Crippen molar-refractivity contribution in [1.82, 2.24) is 0 Å². The highest BCUT2D eigenvalue weighted by atomic mass is 32.2. The molecule has 0 aromatic heterocycles. The Morgan fingerprint density at radius 3 is 2.16 bits per heavy atom. The lowest BCUT2D eigenvalue weighted by molar-refractivity contribution is -0.157. The third kappa shape index (κ3) is 6.85. The van der Waals surface area contributed by atoms with Gasteiger partial charge >= 0.3 is 11.9 Å². The van der Waals surface area contributed by atoms with Crippen molar-refractivity contribution in [1.29, 1.82) is 0 Å². The summed E-state index contributed by atoms with van der Waals surface area (Å²) in [4.78, 5) is 23.1. The van der Waals surface area contributed by atoms with E-state index in [0.717, 1.165) is 11.5 Å². The fraction of sp³-hybridized carbons (Fsp3) is 0.857. The average Bonchev–Trinajstić information content (AvgIpc) is 2.34. The Morgan fingerprint density at radius 2 is 1.58 bits per heavy atom. The standard InChI is InChI=1S/C14H25O4S/c1-14(2,3)13(16)18-8-7-17-12(15)11-19-9-5-4-6-10-19/h4-11H2,1-3H3/q+1. The van der Waals surface area contributed by atoms with E-state index < -0.39 is 5.41 Å². The average molecular weight is 289 g/mol. The minimum atomic E-state index is -0.506. The molecule has 0 aliphatic carbocycles. The molecule has 5 heteroatoms. The zero-order chi connectivity index (χ0) is 14.3. The highest BCUT2D eigenvalue weighted by molar-refractivity contribution is 7.97. The summed E-state index contributed by atoms with van der Waals surface area (Å²) in [5.74, 6) is 2.44. The van der Waals surface area contributed by atoms with Gasteiger partial charge in [0.05, 0.1) is 5.41 Å². The van der Waals surface area contributed by atoms with Crippen molar-refractivity contribution in [3.05, 3.63) is 0 Å². The lowest BCUT2D eigenvalue weighted by Gasteiger charge is -2.16. The molecule has 0 amide bonds. The molecule has 19 heavy (non-hydrogen) atoms. The molecule has 0 unspecified atom stereocenters. The van der Waals surface area contributed by atoms with E-state index in [2.05, 4.69) is 0 Å². The highest BCUT2D eigenvalue weighted by Gasteiger charge is 2.26. The van der Waals surface area contributed by atoms with Gasteiger partial charge in [0.15, 0.2) is 0 Å². The smallest absolute Gasteiger partial charge is 0.356 e. The summed E-state index contributed by atoms with van der Waals surface area (Å²) < 4.78 is 10.1. The Bertz CT molecular complexity index is 303. The molecule has 1 aliphatic rings. The van der Waals surface area contributed by atoms with Gasteiger partial charge in [0, 0.05) is 0 Å². The van der Waals surface area contributed by atoms with Crippen molar-refractivity contribution in [3.8, 4) is 0 Å². The second-order valence-corrected chi connectivity index (χ2v) is 8.16. The SMILES string of the molecule is CC(C)(C)C(=O)OCCOC(=O)C[S+]1CCCCC1. The summed E-state index contributed by atoms with van der Waals surface area (Å²) >= 11 is 0. The van der Waals surface area contributed by atoms with E-state index in [0.29, 0.717) is 5.75 Å². The van der Waals surface area contributed by atoms with Crippen LogP contribution < -0.4 is 0 Å². The zero-order valence-corrected chi connectivity index (χ0v) is 13.0. The van der Waals surface area contributed by atoms with Crippen LogP contribution in [0.15, 0.2) is 0 Å². The number of rotatable bonds is 5. The Kier molecular flexibility index (Phi) is 6.69. The molecule has 1 fully saturated rings. The van der Waals surface area contributed by atoms with Crippen LogP contribution in [0.1, 0.15) is 40.0 Å². The molecule has 0 N–H and O–H groups in total. The summed E-state index contributed by atoms with van der Waals surface area (Å²) in [6.07, 6.45) is 3.76. The van der Waals surface area contributed by atoms with Gasteiger partial charge in [-0.2, -0.15) is 0 Å². The van der Waals surface area contributed by atoms with Crippen LogP contribution in [0, 0.1) is 5.41 Å². The summed E-state index contributed by atoms with van der Waals surface area (Å²) in [5, 5.41) is 0. The van der Waals surface area contributed by atoms with Crippen LogP contribution in [0.3, 0.4) is 0 Å². The van der Waals surface area contributed by atoms with Crippen LogP contribution >= 0.6 is 0 Å². The minimum Gasteiger partial charge on any atom is -0.462 e. The monoisotopic (exact) mass is 289 g/mol. The number of hydrogen-bond donors (Lipinski definition) is 0. The first-order valence-electron chi connectivity index (χ1n) is 6.86. The molecule has 0 saturated carbocycles. The number of ether oxygens (including phenoxy) is 2. The number of esters is 2. The van der Waals surface area contributed by atoms with Gasteiger partial charge in [-0.05, 0) is 50.9 Å². The lowest BCUT2D eigenvalue weighted by atomic mass is 9.97. The van der Waals surface area contributed by atoms with Crippen LogP contribution in [-0.2, 0) is 30.0 Å². The van der Waals surface area contributed by atoms with E-state index in [1.165, 1.54) is 19.3 Å². The maximum atomic E-state index is 11.6. The molecule has 0 radical (unpaired) electrons. The van der Waals surface area contributed by atoms with E-state index in [9.17, 15) is 9.59 Å². The van der Waals surface area contributed by atoms with Gasteiger partial charge in [-0.1, -0.05) is 0 Å². The number of hydrogen-bond acceptors (Lipinski definition) is 4. The predicted molar refractivity (Wildman–Crippen MR) is 77.2 cm³/mol. The molecule has 1 aliphatic heterocycles. The van der Waals surface area contributed by atoms with Crippen LogP contribution in [-0.4, -0.2) is 42.4 Å². The van der Waals surface area contributed by atoms with E-state index in [-0.39, 0.29) is 36.0 Å². The van der Waals surface area contributed by atoms with Crippen LogP contribution in [0.2, 0.25) is 0 Å². The summed E-state index contributed by atoms with van der Waals surface area (Å²) in [6, 6.07) is 0. The van der Waals surface area contributed by atoms with Gasteiger partial charge in [0.1, 0.15) is 24.7 Å². The van der Waals surface area contributed by atoms with Crippen molar-refractivity contribution in [3.63, 3.8) is 0 Å². The lowest BCUT2D eigenvalue weighted by Crippen LogP contribution is -2.28. The van der Waals surface area contributed by atoms with Gasteiger partial charge in [-0.3, -0.25) is 4.79 Å². The quantitative estimate of drug-likeness (QED) is 0.441. The summed E-state index contributed by atoms with van der Waals surface area (Å²) in [5.41, 5.74) is -0.506. The largest absolute Gasteiger partial charge is 0.462 e. The van der Waals surface area contributed by atoms with Gasteiger partial charge in [0.2, 0.25) is 5.75 Å². The Labute approximate surface area is 118 Å². The first kappa shape index (κ1) is 16.3. The molecular weight excluding hydrogens is 264 g/mol. The van der Waals surface area contributed by atoms with E-state index in [1.54, 1.807) is 20.8 Å². The second kappa shape index (κ2) is 7.78. The van der Waals surface area contributed by atoms with Crippen molar-refractivity contribution in [2.24, 2.45) is 5.41 Å². The molecule has 1 saturated heterocycles. The maximum absolute atomic E-state index is 11.6. The molecular formula is C14H25O4S+. The van der Waals surface area contributed by atoms with E-state index in [1.807, 2.05) is 0 Å². The van der Waals surface area contributed by atoms with Gasteiger partial charge in [0.25, 0.3) is 0 Å². The molecule has 4 nitrogen and oxygen atoms in total. The molecule has 1 rings (SSSR count). The van der Waals surface area contributed by atoms with E-state index >= 15 is 0 Å². The first-order valence-corrected chi connectivity index (χ1v) is 8.60. The van der Waals surface area contributed by atoms with Crippen molar-refractivity contribution in [2.75, 3.05) is 30.5 Å². The maximum Gasteiger partial charge on any atom is 0.356 e. The molecule has 0 bridgehead atoms. The zero-order valence-electron chi connectivity index (χ0n) is 12.2. The fourth-order valence-corrected chi connectivity index (χ4v) is 3.88. The van der Waals surface area contributed by atoms with Crippen LogP contribution in [0.5, 0.6) is 0 Å². The topological polar surface area (TPSA) is 52.6 Å². The van der Waals surface area contributed by atoms with Crippen LogP contribution in [0.25, 0.3) is 0 Å². The number of carbonyl (C=O) groups is 2. The summed E-state index contributed by atoms with van der Waals surface area (Å²) in [6.45, 7) is 5.70. The highest BCUT2D eigenvalue weighted by Crippen LogP contribution is 2.15. The molecule has 110 valence electrons. The Hall–Kier alpha value is -0.710. The molecule has 0 aromatic carbocycles. The summed E-state index contributed by atoms with van der Waals surface area (Å²) in [7, 11) is 0.215. The van der Waals surface area contributed by atoms with Crippen molar-refractivity contribution >= 4 is 22.8 Å².